The van der Waals surface area contributed by atoms with Gasteiger partial charge >= 0.3 is 6.03 Å². The van der Waals surface area contributed by atoms with E-state index in [-0.39, 0.29) is 30.3 Å². The van der Waals surface area contributed by atoms with E-state index in [1.165, 1.54) is 18.2 Å². The summed E-state index contributed by atoms with van der Waals surface area (Å²) in [6, 6.07) is 10.7. The molecular weight excluding hydrogens is 366 g/mol. The lowest BCUT2D eigenvalue weighted by molar-refractivity contribution is 0.00964. The van der Waals surface area contributed by atoms with Crippen LogP contribution in [-0.4, -0.2) is 25.3 Å². The number of anilines is 1. The van der Waals surface area contributed by atoms with E-state index < -0.39 is 11.6 Å². The molecule has 0 aliphatic heterocycles. The van der Waals surface area contributed by atoms with Gasteiger partial charge in [-0.05, 0) is 49.9 Å². The molecule has 1 aliphatic carbocycles. The largest absolute Gasteiger partial charge is 0.495 e. The van der Waals surface area contributed by atoms with Crippen LogP contribution in [0.5, 0.6) is 5.75 Å². The third kappa shape index (κ3) is 5.19. The molecule has 28 heavy (non-hydrogen) atoms. The van der Waals surface area contributed by atoms with Crippen LogP contribution in [0.3, 0.4) is 0 Å². The van der Waals surface area contributed by atoms with Crippen molar-refractivity contribution in [3.05, 3.63) is 59.7 Å². The molecule has 150 valence electrons. The average Bonchev–Trinajstić information content (AvgIpc) is 2.69. The van der Waals surface area contributed by atoms with E-state index in [2.05, 4.69) is 10.6 Å². The molecule has 5 nitrogen and oxygen atoms in total. The van der Waals surface area contributed by atoms with E-state index >= 15 is 0 Å². The summed E-state index contributed by atoms with van der Waals surface area (Å²) < 4.78 is 38.2. The van der Waals surface area contributed by atoms with E-state index in [1.54, 1.807) is 19.2 Å². The molecule has 2 aromatic rings. The van der Waals surface area contributed by atoms with Gasteiger partial charge in [0.25, 0.3) is 0 Å². The number of rotatable bonds is 6. The normalized spacial score (nSPS) is 19.1. The molecule has 2 amide bonds. The number of methoxy groups -OCH3 is 1. The smallest absolute Gasteiger partial charge is 0.319 e. The Morgan fingerprint density at radius 1 is 1.04 bits per heavy atom. The molecule has 0 aromatic heterocycles. The highest BCUT2D eigenvalue weighted by molar-refractivity contribution is 5.91. The fourth-order valence-electron chi connectivity index (χ4n) is 3.34. The molecule has 0 spiro atoms. The number of amides is 2. The van der Waals surface area contributed by atoms with Crippen molar-refractivity contribution < 1.29 is 23.0 Å². The Kier molecular flexibility index (Phi) is 6.81. The second-order valence-electron chi connectivity index (χ2n) is 6.78. The van der Waals surface area contributed by atoms with Gasteiger partial charge in [-0.25, -0.2) is 13.6 Å². The second-order valence-corrected chi connectivity index (χ2v) is 6.78. The third-order valence-electron chi connectivity index (χ3n) is 4.89. The third-order valence-corrected chi connectivity index (χ3v) is 4.89. The van der Waals surface area contributed by atoms with Crippen LogP contribution in [0.4, 0.5) is 19.3 Å². The van der Waals surface area contributed by atoms with Gasteiger partial charge < -0.3 is 20.1 Å². The van der Waals surface area contributed by atoms with Gasteiger partial charge in [0.1, 0.15) is 17.4 Å². The molecule has 7 heteroatoms. The Morgan fingerprint density at radius 3 is 2.39 bits per heavy atom. The van der Waals surface area contributed by atoms with Crippen LogP contribution in [-0.2, 0) is 11.3 Å². The Labute approximate surface area is 163 Å². The highest BCUT2D eigenvalue weighted by atomic mass is 19.1. The molecule has 0 heterocycles. The zero-order valence-electron chi connectivity index (χ0n) is 15.7. The first-order chi connectivity index (χ1) is 13.6. The lowest BCUT2D eigenvalue weighted by Crippen LogP contribution is -2.41. The zero-order valence-corrected chi connectivity index (χ0v) is 15.7. The summed E-state index contributed by atoms with van der Waals surface area (Å²) in [5, 5.41) is 5.74. The fourth-order valence-corrected chi connectivity index (χ4v) is 3.34. The average molecular weight is 390 g/mol. The molecule has 0 radical (unpaired) electrons. The summed E-state index contributed by atoms with van der Waals surface area (Å²) in [5.41, 5.74) is 0.561. The molecular formula is C21H24F2N2O3. The number of carbonyl (C=O) groups is 1. The molecule has 2 aromatic carbocycles. The minimum atomic E-state index is -0.594. The van der Waals surface area contributed by atoms with Crippen LogP contribution < -0.4 is 15.4 Å². The molecule has 2 N–H and O–H groups in total. The molecule has 1 aliphatic rings. The number of urea groups is 1. The van der Waals surface area contributed by atoms with Gasteiger partial charge in [-0.1, -0.05) is 18.2 Å². The van der Waals surface area contributed by atoms with Gasteiger partial charge in [0.05, 0.1) is 25.5 Å². The van der Waals surface area contributed by atoms with Crippen LogP contribution in [0.15, 0.2) is 42.5 Å². The molecule has 1 saturated carbocycles. The SMILES string of the molecule is COc1ccccc1NC(=O)NC1CCC(OCc2c(F)cccc2F)CC1. The zero-order chi connectivity index (χ0) is 19.9. The maximum absolute atomic E-state index is 13.7. The van der Waals surface area contributed by atoms with Gasteiger partial charge in [0.15, 0.2) is 0 Å². The molecule has 0 unspecified atom stereocenters. The van der Waals surface area contributed by atoms with Crippen molar-refractivity contribution in [1.29, 1.82) is 0 Å². The predicted octanol–water partition coefficient (Wildman–Crippen LogP) is 4.62. The van der Waals surface area contributed by atoms with E-state index in [0.29, 0.717) is 11.4 Å². The Hall–Kier alpha value is -2.67. The molecule has 1 fully saturated rings. The number of hydrogen-bond acceptors (Lipinski definition) is 3. The number of benzene rings is 2. The Balaban J connectivity index is 1.43. The summed E-state index contributed by atoms with van der Waals surface area (Å²) in [6.45, 7) is -0.0877. The van der Waals surface area contributed by atoms with E-state index in [1.807, 2.05) is 12.1 Å². The highest BCUT2D eigenvalue weighted by Gasteiger charge is 2.24. The first kappa shape index (κ1) is 20.1. The van der Waals surface area contributed by atoms with Crippen molar-refractivity contribution >= 4 is 11.7 Å². The number of halogens is 2. The minimum absolute atomic E-state index is 0.0276. The minimum Gasteiger partial charge on any atom is -0.495 e. The highest BCUT2D eigenvalue weighted by Crippen LogP contribution is 2.25. The molecule has 0 bridgehead atoms. The first-order valence-corrected chi connectivity index (χ1v) is 9.32. The number of nitrogens with one attached hydrogen (secondary N) is 2. The second kappa shape index (κ2) is 9.50. The van der Waals surface area contributed by atoms with E-state index in [9.17, 15) is 13.6 Å². The van der Waals surface area contributed by atoms with Gasteiger partial charge in [0.2, 0.25) is 0 Å². The maximum Gasteiger partial charge on any atom is 0.319 e. The van der Waals surface area contributed by atoms with Crippen molar-refractivity contribution in [3.63, 3.8) is 0 Å². The first-order valence-electron chi connectivity index (χ1n) is 9.32. The van der Waals surface area contributed by atoms with Crippen LogP contribution in [0.2, 0.25) is 0 Å². The fraction of sp³-hybridized carbons (Fsp3) is 0.381. The van der Waals surface area contributed by atoms with Crippen molar-refractivity contribution in [3.8, 4) is 5.75 Å². The van der Waals surface area contributed by atoms with Gasteiger partial charge in [-0.15, -0.1) is 0 Å². The van der Waals surface area contributed by atoms with E-state index in [0.717, 1.165) is 25.7 Å². The predicted molar refractivity (Wildman–Crippen MR) is 102 cm³/mol. The summed E-state index contributed by atoms with van der Waals surface area (Å²) >= 11 is 0. The Bertz CT molecular complexity index is 788. The number of carbonyl (C=O) groups excluding carboxylic acids is 1. The number of hydrogen-bond donors (Lipinski definition) is 2. The van der Waals surface area contributed by atoms with Crippen molar-refractivity contribution in [2.75, 3.05) is 12.4 Å². The van der Waals surface area contributed by atoms with Gasteiger partial charge in [0, 0.05) is 11.6 Å². The van der Waals surface area contributed by atoms with Gasteiger partial charge in [-0.2, -0.15) is 0 Å². The van der Waals surface area contributed by atoms with Crippen LogP contribution in [0.1, 0.15) is 31.2 Å². The molecule has 0 saturated heterocycles. The topological polar surface area (TPSA) is 59.6 Å². The van der Waals surface area contributed by atoms with Gasteiger partial charge in [-0.3, -0.25) is 0 Å². The monoisotopic (exact) mass is 390 g/mol. The summed E-state index contributed by atoms with van der Waals surface area (Å²) in [5.74, 6) is -0.595. The van der Waals surface area contributed by atoms with Crippen LogP contribution in [0.25, 0.3) is 0 Å². The standard InChI is InChI=1S/C21H24F2N2O3/c1-27-20-8-3-2-7-19(20)25-21(26)24-14-9-11-15(12-10-14)28-13-16-17(22)5-4-6-18(16)23/h2-8,14-15H,9-13H2,1H3,(H2,24,25,26). The summed E-state index contributed by atoms with van der Waals surface area (Å²) in [4.78, 5) is 12.2. The van der Waals surface area contributed by atoms with Crippen molar-refractivity contribution in [1.82, 2.24) is 5.32 Å². The molecule has 0 atom stereocenters. The Morgan fingerprint density at radius 2 is 1.71 bits per heavy atom. The number of ether oxygens (including phenoxy) is 2. The van der Waals surface area contributed by atoms with Crippen molar-refractivity contribution in [2.24, 2.45) is 0 Å². The number of para-hydroxylation sites is 2. The summed E-state index contributed by atoms with van der Waals surface area (Å²) in [7, 11) is 1.55. The quantitative estimate of drug-likeness (QED) is 0.757. The lowest BCUT2D eigenvalue weighted by Gasteiger charge is -2.29. The summed E-state index contributed by atoms with van der Waals surface area (Å²) in [6.07, 6.45) is 2.84. The van der Waals surface area contributed by atoms with Crippen LogP contribution in [0, 0.1) is 11.6 Å². The maximum atomic E-state index is 13.7. The van der Waals surface area contributed by atoms with E-state index in [4.69, 9.17) is 9.47 Å². The van der Waals surface area contributed by atoms with Crippen LogP contribution >= 0.6 is 0 Å². The lowest BCUT2D eigenvalue weighted by atomic mass is 9.93. The molecule has 3 rings (SSSR count). The van der Waals surface area contributed by atoms with Crippen molar-refractivity contribution in [2.45, 2.75) is 44.4 Å².